The van der Waals surface area contributed by atoms with Crippen LogP contribution in [0.25, 0.3) is 0 Å². The fourth-order valence-electron chi connectivity index (χ4n) is 1.16. The van der Waals surface area contributed by atoms with Gasteiger partial charge in [0, 0.05) is 12.6 Å². The van der Waals surface area contributed by atoms with Crippen LogP contribution >= 0.6 is 0 Å². The lowest BCUT2D eigenvalue weighted by Gasteiger charge is -2.04. The van der Waals surface area contributed by atoms with E-state index in [-0.39, 0.29) is 5.56 Å². The molecule has 0 amide bonds. The molecule has 0 atom stereocenters. The standard InChI is InChI=1S/C9H16N4O/c1-7-12-8(6-9(14)13-7)11-5-3-2-4-10/h6H,2-5,10H2,1H3,(H2,11,12,13,14). The number of rotatable bonds is 5. The number of aromatic amines is 1. The van der Waals surface area contributed by atoms with Crippen LogP contribution < -0.4 is 16.6 Å². The minimum Gasteiger partial charge on any atom is -0.370 e. The smallest absolute Gasteiger partial charge is 0.252 e. The molecule has 5 heteroatoms. The van der Waals surface area contributed by atoms with Crippen molar-refractivity contribution in [3.05, 3.63) is 22.2 Å². The molecule has 0 aliphatic rings. The van der Waals surface area contributed by atoms with Crippen molar-refractivity contribution in [3.63, 3.8) is 0 Å². The predicted molar refractivity (Wildman–Crippen MR) is 56.4 cm³/mol. The van der Waals surface area contributed by atoms with Crippen molar-refractivity contribution >= 4 is 5.82 Å². The van der Waals surface area contributed by atoms with E-state index in [1.165, 1.54) is 6.07 Å². The summed E-state index contributed by atoms with van der Waals surface area (Å²) in [6.45, 7) is 3.25. The highest BCUT2D eigenvalue weighted by Crippen LogP contribution is 1.98. The van der Waals surface area contributed by atoms with Crippen molar-refractivity contribution in [2.45, 2.75) is 19.8 Å². The summed E-state index contributed by atoms with van der Waals surface area (Å²) in [7, 11) is 0. The molecule has 1 rings (SSSR count). The first-order chi connectivity index (χ1) is 6.72. The normalized spacial score (nSPS) is 10.1. The van der Waals surface area contributed by atoms with Crippen LogP contribution in [0.5, 0.6) is 0 Å². The van der Waals surface area contributed by atoms with Gasteiger partial charge in [-0.1, -0.05) is 0 Å². The number of nitrogens with two attached hydrogens (primary N) is 1. The molecule has 5 nitrogen and oxygen atoms in total. The van der Waals surface area contributed by atoms with Gasteiger partial charge in [0.1, 0.15) is 11.6 Å². The summed E-state index contributed by atoms with van der Waals surface area (Å²) in [5, 5.41) is 3.07. The van der Waals surface area contributed by atoms with Crippen LogP contribution in [0.2, 0.25) is 0 Å². The Kier molecular flexibility index (Phi) is 4.12. The summed E-state index contributed by atoms with van der Waals surface area (Å²) in [5.74, 6) is 1.25. The molecule has 0 spiro atoms. The molecule has 0 bridgehead atoms. The van der Waals surface area contributed by atoms with Crippen molar-refractivity contribution in [1.29, 1.82) is 0 Å². The summed E-state index contributed by atoms with van der Waals surface area (Å²) in [6, 6.07) is 1.45. The molecule has 0 unspecified atom stereocenters. The zero-order chi connectivity index (χ0) is 10.4. The minimum atomic E-state index is -0.126. The van der Waals surface area contributed by atoms with E-state index in [2.05, 4.69) is 15.3 Å². The molecule has 14 heavy (non-hydrogen) atoms. The van der Waals surface area contributed by atoms with Crippen molar-refractivity contribution in [2.75, 3.05) is 18.4 Å². The molecule has 0 aliphatic heterocycles. The highest BCUT2D eigenvalue weighted by molar-refractivity contribution is 5.32. The van der Waals surface area contributed by atoms with E-state index < -0.39 is 0 Å². The zero-order valence-electron chi connectivity index (χ0n) is 8.34. The van der Waals surface area contributed by atoms with Crippen LogP contribution in [0.3, 0.4) is 0 Å². The molecule has 0 saturated carbocycles. The van der Waals surface area contributed by atoms with Gasteiger partial charge in [0.05, 0.1) is 0 Å². The Labute approximate surface area is 82.7 Å². The molecular weight excluding hydrogens is 180 g/mol. The molecule has 0 saturated heterocycles. The summed E-state index contributed by atoms with van der Waals surface area (Å²) < 4.78 is 0. The number of nitrogens with zero attached hydrogens (tertiary/aromatic N) is 1. The fourth-order valence-corrected chi connectivity index (χ4v) is 1.16. The SMILES string of the molecule is Cc1nc(NCCCCN)cc(=O)[nH]1. The quantitative estimate of drug-likeness (QED) is 0.588. The fraction of sp³-hybridized carbons (Fsp3) is 0.556. The molecule has 0 radical (unpaired) electrons. The molecule has 1 heterocycles. The maximum atomic E-state index is 11.0. The van der Waals surface area contributed by atoms with Crippen molar-refractivity contribution in [2.24, 2.45) is 5.73 Å². The van der Waals surface area contributed by atoms with Crippen molar-refractivity contribution in [1.82, 2.24) is 9.97 Å². The van der Waals surface area contributed by atoms with Crippen molar-refractivity contribution < 1.29 is 0 Å². The largest absolute Gasteiger partial charge is 0.370 e. The predicted octanol–water partition coefficient (Wildman–Crippen LogP) is 0.229. The first kappa shape index (κ1) is 10.7. The second-order valence-electron chi connectivity index (χ2n) is 3.14. The highest BCUT2D eigenvalue weighted by Gasteiger charge is 1.96. The maximum Gasteiger partial charge on any atom is 0.252 e. The Hall–Kier alpha value is -1.36. The van der Waals surface area contributed by atoms with Gasteiger partial charge in [-0.3, -0.25) is 4.79 Å². The number of unbranched alkanes of at least 4 members (excludes halogenated alkanes) is 1. The van der Waals surface area contributed by atoms with Gasteiger partial charge in [-0.2, -0.15) is 0 Å². The van der Waals surface area contributed by atoms with Crippen LogP contribution in [0, 0.1) is 6.92 Å². The first-order valence-corrected chi connectivity index (χ1v) is 4.74. The van der Waals surface area contributed by atoms with E-state index in [9.17, 15) is 4.79 Å². The monoisotopic (exact) mass is 196 g/mol. The molecule has 0 aliphatic carbocycles. The van der Waals surface area contributed by atoms with Gasteiger partial charge in [0.15, 0.2) is 0 Å². The van der Waals surface area contributed by atoms with E-state index in [4.69, 9.17) is 5.73 Å². The van der Waals surface area contributed by atoms with E-state index in [1.807, 2.05) is 0 Å². The van der Waals surface area contributed by atoms with Crippen LogP contribution in [0.4, 0.5) is 5.82 Å². The number of hydrogen-bond donors (Lipinski definition) is 3. The van der Waals surface area contributed by atoms with E-state index >= 15 is 0 Å². The summed E-state index contributed by atoms with van der Waals surface area (Å²) in [5.41, 5.74) is 5.23. The summed E-state index contributed by atoms with van der Waals surface area (Å²) in [4.78, 5) is 17.8. The number of aromatic nitrogens is 2. The number of aryl methyl sites for hydroxylation is 1. The Morgan fingerprint density at radius 3 is 3.00 bits per heavy atom. The lowest BCUT2D eigenvalue weighted by Crippen LogP contribution is -2.13. The Balaban J connectivity index is 2.46. The second-order valence-corrected chi connectivity index (χ2v) is 3.14. The minimum absolute atomic E-state index is 0.126. The third-order valence-electron chi connectivity index (χ3n) is 1.80. The van der Waals surface area contributed by atoms with Gasteiger partial charge in [-0.05, 0) is 26.3 Å². The van der Waals surface area contributed by atoms with Crippen LogP contribution in [-0.2, 0) is 0 Å². The Bertz CT molecular complexity index is 334. The van der Waals surface area contributed by atoms with Gasteiger partial charge in [0.2, 0.25) is 0 Å². The topological polar surface area (TPSA) is 83.8 Å². The third kappa shape index (κ3) is 3.57. The van der Waals surface area contributed by atoms with E-state index in [0.29, 0.717) is 18.2 Å². The number of nitrogens with one attached hydrogen (secondary N) is 2. The number of H-pyrrole nitrogens is 1. The first-order valence-electron chi connectivity index (χ1n) is 4.74. The lowest BCUT2D eigenvalue weighted by molar-refractivity contribution is 0.771. The van der Waals surface area contributed by atoms with Gasteiger partial charge in [0.25, 0.3) is 5.56 Å². The summed E-state index contributed by atoms with van der Waals surface area (Å²) in [6.07, 6.45) is 1.97. The number of anilines is 1. The molecule has 1 aromatic heterocycles. The average molecular weight is 196 g/mol. The molecule has 1 aromatic rings. The Morgan fingerprint density at radius 1 is 1.57 bits per heavy atom. The lowest BCUT2D eigenvalue weighted by atomic mass is 10.3. The van der Waals surface area contributed by atoms with Crippen LogP contribution in [0.1, 0.15) is 18.7 Å². The van der Waals surface area contributed by atoms with Crippen LogP contribution in [0.15, 0.2) is 10.9 Å². The zero-order valence-corrected chi connectivity index (χ0v) is 8.34. The summed E-state index contributed by atoms with van der Waals surface area (Å²) >= 11 is 0. The maximum absolute atomic E-state index is 11.0. The van der Waals surface area contributed by atoms with Gasteiger partial charge in [-0.25, -0.2) is 4.98 Å². The highest BCUT2D eigenvalue weighted by atomic mass is 16.1. The molecule has 0 aromatic carbocycles. The molecule has 78 valence electrons. The number of hydrogen-bond acceptors (Lipinski definition) is 4. The van der Waals surface area contributed by atoms with E-state index in [1.54, 1.807) is 6.92 Å². The second kappa shape index (κ2) is 5.39. The van der Waals surface area contributed by atoms with Crippen LogP contribution in [-0.4, -0.2) is 23.1 Å². The molecular formula is C9H16N4O. The molecule has 0 fully saturated rings. The average Bonchev–Trinajstić information content (AvgIpc) is 2.11. The third-order valence-corrected chi connectivity index (χ3v) is 1.80. The van der Waals surface area contributed by atoms with E-state index in [0.717, 1.165) is 19.4 Å². The van der Waals surface area contributed by atoms with Gasteiger partial charge < -0.3 is 16.0 Å². The van der Waals surface area contributed by atoms with Gasteiger partial charge >= 0.3 is 0 Å². The van der Waals surface area contributed by atoms with Gasteiger partial charge in [-0.15, -0.1) is 0 Å². The molecule has 4 N–H and O–H groups in total. The Morgan fingerprint density at radius 2 is 2.36 bits per heavy atom. The van der Waals surface area contributed by atoms with Crippen molar-refractivity contribution in [3.8, 4) is 0 Å².